The molecule has 8 heteroatoms. The van der Waals surface area contributed by atoms with Gasteiger partial charge in [0.05, 0.1) is 18.9 Å². The summed E-state index contributed by atoms with van der Waals surface area (Å²) in [7, 11) is 1.66. The number of nitrogens with zero attached hydrogens (tertiary/aromatic N) is 4. The Kier molecular flexibility index (Phi) is 6.41. The van der Waals surface area contributed by atoms with Crippen LogP contribution in [0.2, 0.25) is 5.02 Å². The average molecular weight is 443 g/mol. The van der Waals surface area contributed by atoms with Gasteiger partial charge in [0, 0.05) is 29.4 Å². The molecule has 0 radical (unpaired) electrons. The topological polar surface area (TPSA) is 60.2 Å². The highest BCUT2D eigenvalue weighted by Gasteiger charge is 2.30. The van der Waals surface area contributed by atoms with Gasteiger partial charge in [-0.1, -0.05) is 41.6 Å². The minimum atomic E-state index is 0.0757. The van der Waals surface area contributed by atoms with E-state index in [0.717, 1.165) is 23.5 Å². The Morgan fingerprint density at radius 1 is 1.20 bits per heavy atom. The van der Waals surface area contributed by atoms with Crippen molar-refractivity contribution in [1.29, 1.82) is 0 Å². The van der Waals surface area contributed by atoms with Crippen LogP contribution in [0.15, 0.2) is 53.7 Å². The number of benzene rings is 2. The van der Waals surface area contributed by atoms with Crippen molar-refractivity contribution in [3.05, 3.63) is 59.1 Å². The number of thioether (sulfide) groups is 1. The van der Waals surface area contributed by atoms with Crippen molar-refractivity contribution in [2.45, 2.75) is 31.1 Å². The van der Waals surface area contributed by atoms with Crippen molar-refractivity contribution < 1.29 is 9.53 Å². The monoisotopic (exact) mass is 442 g/mol. The lowest BCUT2D eigenvalue weighted by molar-refractivity contribution is -0.116. The lowest BCUT2D eigenvalue weighted by Crippen LogP contribution is -2.37. The van der Waals surface area contributed by atoms with E-state index in [1.54, 1.807) is 7.11 Å². The highest BCUT2D eigenvalue weighted by Crippen LogP contribution is 2.33. The predicted molar refractivity (Wildman–Crippen MR) is 120 cm³/mol. The third-order valence-corrected chi connectivity index (χ3v) is 6.34. The normalized spacial score (nSPS) is 15.4. The molecule has 1 aromatic heterocycles. The molecule has 1 amide bonds. The van der Waals surface area contributed by atoms with E-state index in [-0.39, 0.29) is 11.9 Å². The van der Waals surface area contributed by atoms with Crippen LogP contribution in [-0.2, 0) is 22.5 Å². The molecule has 0 bridgehead atoms. The second-order valence-electron chi connectivity index (χ2n) is 7.19. The van der Waals surface area contributed by atoms with Gasteiger partial charge in [-0.2, -0.15) is 0 Å². The van der Waals surface area contributed by atoms with Gasteiger partial charge in [0.25, 0.3) is 0 Å². The van der Waals surface area contributed by atoms with Crippen molar-refractivity contribution in [3.63, 3.8) is 0 Å². The number of halogens is 1. The van der Waals surface area contributed by atoms with E-state index >= 15 is 0 Å². The molecule has 0 saturated heterocycles. The lowest BCUT2D eigenvalue weighted by Gasteiger charge is -2.22. The summed E-state index contributed by atoms with van der Waals surface area (Å²) in [4.78, 5) is 14.9. The number of anilines is 1. The Morgan fingerprint density at radius 3 is 2.73 bits per heavy atom. The molecule has 2 aromatic carbocycles. The average Bonchev–Trinajstić information content (AvgIpc) is 3.30. The molecule has 1 unspecified atom stereocenters. The first-order valence-electron chi connectivity index (χ1n) is 9.79. The molecular weight excluding hydrogens is 420 g/mol. The maximum Gasteiger partial charge on any atom is 0.237 e. The van der Waals surface area contributed by atoms with Gasteiger partial charge in [-0.05, 0) is 49.2 Å². The summed E-state index contributed by atoms with van der Waals surface area (Å²) in [5, 5.41) is 10.1. The largest absolute Gasteiger partial charge is 0.383 e. The van der Waals surface area contributed by atoms with Crippen LogP contribution in [-0.4, -0.2) is 46.2 Å². The van der Waals surface area contributed by atoms with Crippen molar-refractivity contribution in [2.24, 2.45) is 0 Å². The number of amides is 1. The zero-order valence-electron chi connectivity index (χ0n) is 16.9. The summed E-state index contributed by atoms with van der Waals surface area (Å²) >= 11 is 7.42. The molecule has 156 valence electrons. The molecule has 0 spiro atoms. The third-order valence-electron chi connectivity index (χ3n) is 5.14. The first kappa shape index (κ1) is 20.9. The van der Waals surface area contributed by atoms with Gasteiger partial charge in [0.15, 0.2) is 11.0 Å². The zero-order chi connectivity index (χ0) is 21.1. The number of ether oxygens (including phenoxy) is 1. The summed E-state index contributed by atoms with van der Waals surface area (Å²) in [5.74, 6) is 1.11. The quantitative estimate of drug-likeness (QED) is 0.510. The van der Waals surface area contributed by atoms with E-state index < -0.39 is 0 Å². The SMILES string of the molecule is COCCn1c(SCC(=O)N2c3ccccc3CC2C)nnc1-c1ccc(Cl)cc1. The summed E-state index contributed by atoms with van der Waals surface area (Å²) < 4.78 is 7.25. The molecular formula is C22H23ClN4O2S. The second-order valence-corrected chi connectivity index (χ2v) is 8.57. The molecule has 1 atom stereocenters. The second kappa shape index (κ2) is 9.20. The van der Waals surface area contributed by atoms with Crippen LogP contribution >= 0.6 is 23.4 Å². The number of carbonyl (C=O) groups excluding carboxylic acids is 1. The van der Waals surface area contributed by atoms with E-state index in [9.17, 15) is 4.79 Å². The van der Waals surface area contributed by atoms with Crippen LogP contribution in [0.25, 0.3) is 11.4 Å². The van der Waals surface area contributed by atoms with E-state index in [1.807, 2.05) is 51.9 Å². The maximum atomic E-state index is 13.0. The van der Waals surface area contributed by atoms with Crippen molar-refractivity contribution >= 4 is 35.0 Å². The van der Waals surface area contributed by atoms with Gasteiger partial charge < -0.3 is 9.64 Å². The molecule has 1 aliphatic heterocycles. The Labute approximate surface area is 185 Å². The highest BCUT2D eigenvalue weighted by molar-refractivity contribution is 7.99. The van der Waals surface area contributed by atoms with Crippen molar-refractivity contribution in [3.8, 4) is 11.4 Å². The number of hydrogen-bond acceptors (Lipinski definition) is 5. The van der Waals surface area contributed by atoms with E-state index in [0.29, 0.717) is 29.1 Å². The summed E-state index contributed by atoms with van der Waals surface area (Å²) in [6.07, 6.45) is 0.886. The Balaban J connectivity index is 1.53. The van der Waals surface area contributed by atoms with Crippen LogP contribution in [0.5, 0.6) is 0 Å². The number of hydrogen-bond donors (Lipinski definition) is 0. The molecule has 30 heavy (non-hydrogen) atoms. The first-order valence-corrected chi connectivity index (χ1v) is 11.2. The van der Waals surface area contributed by atoms with Gasteiger partial charge in [0.2, 0.25) is 5.91 Å². The van der Waals surface area contributed by atoms with Crippen LogP contribution in [0.3, 0.4) is 0 Å². The lowest BCUT2D eigenvalue weighted by atomic mass is 10.1. The molecule has 0 fully saturated rings. The number of carbonyl (C=O) groups is 1. The van der Waals surface area contributed by atoms with E-state index in [2.05, 4.69) is 23.2 Å². The molecule has 6 nitrogen and oxygen atoms in total. The molecule has 3 aromatic rings. The van der Waals surface area contributed by atoms with Crippen LogP contribution in [0, 0.1) is 0 Å². The van der Waals surface area contributed by atoms with E-state index in [4.69, 9.17) is 16.3 Å². The van der Waals surface area contributed by atoms with Crippen LogP contribution in [0.4, 0.5) is 5.69 Å². The fourth-order valence-electron chi connectivity index (χ4n) is 3.73. The zero-order valence-corrected chi connectivity index (χ0v) is 18.5. The minimum absolute atomic E-state index is 0.0757. The standard InChI is InChI=1S/C22H23ClN4O2S/c1-15-13-17-5-3-4-6-19(17)27(15)20(28)14-30-22-25-24-21(26(22)11-12-29-2)16-7-9-18(23)10-8-16/h3-10,15H,11-14H2,1-2H3. The smallest absolute Gasteiger partial charge is 0.237 e. The van der Waals surface area contributed by atoms with Crippen molar-refractivity contribution in [2.75, 3.05) is 24.4 Å². The minimum Gasteiger partial charge on any atom is -0.383 e. The fourth-order valence-corrected chi connectivity index (χ4v) is 4.68. The number of aromatic nitrogens is 3. The summed E-state index contributed by atoms with van der Waals surface area (Å²) in [6, 6.07) is 15.7. The fraction of sp³-hybridized carbons (Fsp3) is 0.318. The van der Waals surface area contributed by atoms with Crippen molar-refractivity contribution in [1.82, 2.24) is 14.8 Å². The molecule has 0 N–H and O–H groups in total. The summed E-state index contributed by atoms with van der Waals surface area (Å²) in [5.41, 5.74) is 3.15. The van der Waals surface area contributed by atoms with Gasteiger partial charge >= 0.3 is 0 Å². The Morgan fingerprint density at radius 2 is 1.97 bits per heavy atom. The molecule has 1 aliphatic rings. The van der Waals surface area contributed by atoms with Gasteiger partial charge in [-0.15, -0.1) is 10.2 Å². The molecule has 4 rings (SSSR count). The number of methoxy groups -OCH3 is 1. The van der Waals surface area contributed by atoms with Crippen LogP contribution in [0.1, 0.15) is 12.5 Å². The van der Waals surface area contributed by atoms with Gasteiger partial charge in [0.1, 0.15) is 0 Å². The van der Waals surface area contributed by atoms with Crippen LogP contribution < -0.4 is 4.90 Å². The number of para-hydroxylation sites is 1. The van der Waals surface area contributed by atoms with Gasteiger partial charge in [-0.3, -0.25) is 9.36 Å². The molecule has 0 aliphatic carbocycles. The summed E-state index contributed by atoms with van der Waals surface area (Å²) in [6.45, 7) is 3.21. The Hall–Kier alpha value is -2.35. The van der Waals surface area contributed by atoms with Gasteiger partial charge in [-0.25, -0.2) is 0 Å². The predicted octanol–water partition coefficient (Wildman–Crippen LogP) is 4.31. The maximum absolute atomic E-state index is 13.0. The van der Waals surface area contributed by atoms with E-state index in [1.165, 1.54) is 17.3 Å². The molecule has 2 heterocycles. The Bertz CT molecular complexity index is 1040. The highest BCUT2D eigenvalue weighted by atomic mass is 35.5. The third kappa shape index (κ3) is 4.24. The number of fused-ring (bicyclic) bond motifs is 1. The molecule has 0 saturated carbocycles. The number of rotatable bonds is 7. The first-order chi connectivity index (χ1) is 14.6.